The quantitative estimate of drug-likeness (QED) is 0.433. The summed E-state index contributed by atoms with van der Waals surface area (Å²) in [5.74, 6) is 0.0881. The fourth-order valence-corrected chi connectivity index (χ4v) is 1.33. The number of rotatable bonds is 3. The zero-order valence-corrected chi connectivity index (χ0v) is 8.07. The summed E-state index contributed by atoms with van der Waals surface area (Å²) in [4.78, 5) is 0. The summed E-state index contributed by atoms with van der Waals surface area (Å²) in [6.07, 6.45) is 5.58. The third-order valence-electron chi connectivity index (χ3n) is 1.56. The molecule has 0 saturated carbocycles. The molecule has 12 heavy (non-hydrogen) atoms. The number of hydrogen-bond acceptors (Lipinski definition) is 2. The van der Waals surface area contributed by atoms with Crippen LogP contribution in [0.3, 0.4) is 0 Å². The molecule has 0 saturated heterocycles. The van der Waals surface area contributed by atoms with Gasteiger partial charge in [0.2, 0.25) is 0 Å². The topological polar surface area (TPSA) is 61.9 Å². The van der Waals surface area contributed by atoms with Crippen molar-refractivity contribution in [2.24, 2.45) is 5.73 Å². The Kier molecular flexibility index (Phi) is 3.47. The van der Waals surface area contributed by atoms with Crippen LogP contribution in [0.4, 0.5) is 0 Å². The van der Waals surface area contributed by atoms with Gasteiger partial charge in [-0.1, -0.05) is 0 Å². The van der Waals surface area contributed by atoms with Gasteiger partial charge >= 0.3 is 80.4 Å². The first-order valence-corrected chi connectivity index (χ1v) is 4.38. The molecule has 0 radical (unpaired) electrons. The van der Waals surface area contributed by atoms with E-state index in [0.717, 1.165) is 17.3 Å². The van der Waals surface area contributed by atoms with Crippen molar-refractivity contribution in [3.63, 3.8) is 0 Å². The van der Waals surface area contributed by atoms with Crippen molar-refractivity contribution in [2.75, 3.05) is 13.1 Å². The molecular weight excluding hydrogens is 189 g/mol. The molecule has 0 atom stereocenters. The molecule has 0 aromatic heterocycles. The first-order chi connectivity index (χ1) is 5.70. The van der Waals surface area contributed by atoms with Crippen LogP contribution in [-0.2, 0) is 17.0 Å². The monoisotopic (exact) mass is 200 g/mol. The van der Waals surface area contributed by atoms with E-state index in [-0.39, 0.29) is 5.84 Å². The molecule has 4 N–H and O–H groups in total. The van der Waals surface area contributed by atoms with Gasteiger partial charge < -0.3 is 0 Å². The molecule has 0 spiro atoms. The van der Waals surface area contributed by atoms with Gasteiger partial charge in [-0.25, -0.2) is 0 Å². The van der Waals surface area contributed by atoms with Crippen LogP contribution in [0.2, 0.25) is 0 Å². The maximum atomic E-state index is 6.99. The van der Waals surface area contributed by atoms with Gasteiger partial charge in [0.05, 0.1) is 0 Å². The van der Waals surface area contributed by atoms with Crippen LogP contribution in [-0.4, -0.2) is 23.2 Å². The molecule has 0 aromatic rings. The molecule has 0 fully saturated rings. The van der Waals surface area contributed by atoms with E-state index in [1.54, 1.807) is 6.08 Å². The van der Waals surface area contributed by atoms with Crippen LogP contribution < -0.4 is 11.1 Å². The van der Waals surface area contributed by atoms with Gasteiger partial charge in [0, 0.05) is 0 Å². The van der Waals surface area contributed by atoms with Crippen molar-refractivity contribution in [1.82, 2.24) is 5.32 Å². The fraction of sp³-hybridized carbons (Fsp3) is 0.250. The molecule has 0 unspecified atom stereocenters. The van der Waals surface area contributed by atoms with E-state index in [2.05, 4.69) is 28.4 Å². The molecule has 0 aromatic carbocycles. The van der Waals surface area contributed by atoms with E-state index in [0.29, 0.717) is 0 Å². The Bertz CT molecular complexity index is 265. The predicted octanol–water partition coefficient (Wildman–Crippen LogP) is -0.273. The van der Waals surface area contributed by atoms with Gasteiger partial charge in [0.15, 0.2) is 0 Å². The van der Waals surface area contributed by atoms with E-state index in [1.165, 1.54) is 5.57 Å². The second kappa shape index (κ2) is 4.40. The number of nitrogens with two attached hydrogens (primary N) is 1. The van der Waals surface area contributed by atoms with Gasteiger partial charge in [0.25, 0.3) is 0 Å². The average molecular weight is 200 g/mol. The van der Waals surface area contributed by atoms with Gasteiger partial charge in [-0.15, -0.1) is 0 Å². The second-order valence-corrected chi connectivity index (χ2v) is 3.29. The molecule has 1 rings (SSSR count). The summed E-state index contributed by atoms with van der Waals surface area (Å²) >= 11 is 2.48. The average Bonchev–Trinajstić information content (AvgIpc) is 2.51. The Morgan fingerprint density at radius 2 is 2.42 bits per heavy atom. The van der Waals surface area contributed by atoms with Crippen molar-refractivity contribution in [3.8, 4) is 0 Å². The van der Waals surface area contributed by atoms with E-state index >= 15 is 0 Å². The predicted molar refractivity (Wildman–Crippen MR) is 47.0 cm³/mol. The van der Waals surface area contributed by atoms with Crippen LogP contribution in [0.25, 0.3) is 0 Å². The zero-order valence-electron chi connectivity index (χ0n) is 6.67. The first-order valence-electron chi connectivity index (χ1n) is 3.68. The third-order valence-corrected chi connectivity index (χ3v) is 2.24. The van der Waals surface area contributed by atoms with Crippen molar-refractivity contribution in [1.29, 1.82) is 5.41 Å². The number of hydrogen-bond donors (Lipinski definition) is 3. The van der Waals surface area contributed by atoms with E-state index in [4.69, 9.17) is 11.1 Å². The van der Waals surface area contributed by atoms with Crippen molar-refractivity contribution in [2.45, 2.75) is 0 Å². The molecule has 1 heterocycles. The van der Waals surface area contributed by atoms with Crippen LogP contribution in [0, 0.1) is 5.41 Å². The molecule has 0 bridgehead atoms. The maximum absolute atomic E-state index is 6.99. The number of amidine groups is 1. The normalized spacial score (nSPS) is 16.4. The molecule has 3 nitrogen and oxygen atoms in total. The van der Waals surface area contributed by atoms with E-state index in [9.17, 15) is 0 Å². The molecule has 0 amide bonds. The van der Waals surface area contributed by atoms with Crippen LogP contribution in [0.1, 0.15) is 0 Å². The Balaban J connectivity index is 2.53. The van der Waals surface area contributed by atoms with Crippen molar-refractivity contribution >= 4 is 10.1 Å². The Morgan fingerprint density at radius 1 is 1.67 bits per heavy atom. The Labute approximate surface area is 80.7 Å². The number of nitrogens with one attached hydrogen (secondary N) is 2. The summed E-state index contributed by atoms with van der Waals surface area (Å²) < 4.78 is 1.11. The van der Waals surface area contributed by atoms with Crippen molar-refractivity contribution < 1.29 is 17.0 Å². The van der Waals surface area contributed by atoms with Crippen LogP contribution >= 0.6 is 0 Å². The second-order valence-electron chi connectivity index (χ2n) is 2.53. The SMILES string of the molecule is N=C(N)C=C[C](=[V])C1=CCNC1. The summed E-state index contributed by atoms with van der Waals surface area (Å²) in [6.45, 7) is 1.84. The standard InChI is InChI=1S/C8H11N3.V/c9-8(10)3-1-2-7-4-5-11-6-7;/h1,3-4,11H,5-6H2,(H3,9,10);. The van der Waals surface area contributed by atoms with Crippen LogP contribution in [0.5, 0.6) is 0 Å². The summed E-state index contributed by atoms with van der Waals surface area (Å²) in [5.41, 5.74) is 6.45. The molecule has 4 heteroatoms. The number of allylic oxidation sites excluding steroid dienone is 1. The Morgan fingerprint density at radius 3 is 2.92 bits per heavy atom. The Hall–Kier alpha value is -0.636. The van der Waals surface area contributed by atoms with Gasteiger partial charge in [0.1, 0.15) is 0 Å². The minimum absolute atomic E-state index is 0.0881. The summed E-state index contributed by atoms with van der Waals surface area (Å²) in [7, 11) is 0. The van der Waals surface area contributed by atoms with Gasteiger partial charge in [-0.2, -0.15) is 0 Å². The van der Waals surface area contributed by atoms with E-state index in [1.807, 2.05) is 6.08 Å². The third kappa shape index (κ3) is 2.78. The van der Waals surface area contributed by atoms with Gasteiger partial charge in [-0.3, -0.25) is 0 Å². The van der Waals surface area contributed by atoms with Crippen LogP contribution in [0.15, 0.2) is 23.8 Å². The van der Waals surface area contributed by atoms with Crippen molar-refractivity contribution in [3.05, 3.63) is 23.8 Å². The molecule has 1 aliphatic rings. The molecule has 0 aliphatic carbocycles. The minimum atomic E-state index is 0.0881. The molecule has 63 valence electrons. The first kappa shape index (κ1) is 9.45. The van der Waals surface area contributed by atoms with E-state index < -0.39 is 0 Å². The van der Waals surface area contributed by atoms with Gasteiger partial charge in [-0.05, 0) is 0 Å². The molecule has 1 aliphatic heterocycles. The summed E-state index contributed by atoms with van der Waals surface area (Å²) in [5, 5.41) is 10.2. The fourth-order valence-electron chi connectivity index (χ4n) is 0.945. The zero-order chi connectivity index (χ0) is 8.97. The summed E-state index contributed by atoms with van der Waals surface area (Å²) in [6, 6.07) is 0. The molecular formula is C8H11N3V.